The highest BCUT2D eigenvalue weighted by Gasteiger charge is 2.40. The lowest BCUT2D eigenvalue weighted by atomic mass is 9.76. The van der Waals surface area contributed by atoms with Crippen LogP contribution in [-0.2, 0) is 10.2 Å². The van der Waals surface area contributed by atoms with Gasteiger partial charge in [0.2, 0.25) is 0 Å². The van der Waals surface area contributed by atoms with Crippen molar-refractivity contribution in [3.63, 3.8) is 0 Å². The van der Waals surface area contributed by atoms with Crippen molar-refractivity contribution >= 4 is 0 Å². The third kappa shape index (κ3) is 1.89. The van der Waals surface area contributed by atoms with Crippen LogP contribution in [0.15, 0.2) is 24.3 Å². The van der Waals surface area contributed by atoms with Crippen LogP contribution in [0.2, 0.25) is 0 Å². The van der Waals surface area contributed by atoms with Crippen LogP contribution in [0.1, 0.15) is 18.9 Å². The Morgan fingerprint density at radius 3 is 2.50 bits per heavy atom. The van der Waals surface area contributed by atoms with E-state index in [1.54, 1.807) is 0 Å². The molecular weight excluding hydrogens is 202 g/mol. The van der Waals surface area contributed by atoms with E-state index in [1.165, 1.54) is 5.56 Å². The van der Waals surface area contributed by atoms with Gasteiger partial charge < -0.3 is 9.47 Å². The Hall–Kier alpha value is -1.53. The number of rotatable bonds is 4. The van der Waals surface area contributed by atoms with Gasteiger partial charge in [0.1, 0.15) is 5.75 Å². The Balaban J connectivity index is 2.17. The molecule has 0 aliphatic carbocycles. The molecule has 1 fully saturated rings. The van der Waals surface area contributed by atoms with E-state index in [0.29, 0.717) is 26.2 Å². The molecule has 0 bridgehead atoms. The molecule has 1 aliphatic heterocycles. The van der Waals surface area contributed by atoms with Crippen molar-refractivity contribution in [3.05, 3.63) is 29.8 Å². The van der Waals surface area contributed by atoms with Crippen LogP contribution in [0.5, 0.6) is 5.75 Å². The minimum Gasteiger partial charge on any atom is -0.494 e. The molecule has 0 aromatic heterocycles. The Labute approximate surface area is 95.6 Å². The van der Waals surface area contributed by atoms with Crippen LogP contribution in [0.25, 0.3) is 0 Å². The van der Waals surface area contributed by atoms with Crippen molar-refractivity contribution in [3.8, 4) is 11.8 Å². The molecule has 1 heterocycles. The summed E-state index contributed by atoms with van der Waals surface area (Å²) in [5.41, 5.74) is 1.09. The van der Waals surface area contributed by atoms with E-state index in [2.05, 4.69) is 6.07 Å². The minimum absolute atomic E-state index is 0.0838. The molecule has 1 aliphatic rings. The van der Waals surface area contributed by atoms with Crippen LogP contribution < -0.4 is 4.74 Å². The molecule has 0 saturated carbocycles. The van der Waals surface area contributed by atoms with Crippen molar-refractivity contribution in [1.82, 2.24) is 0 Å². The van der Waals surface area contributed by atoms with Gasteiger partial charge in [0.15, 0.2) is 0 Å². The van der Waals surface area contributed by atoms with Crippen LogP contribution in [0.3, 0.4) is 0 Å². The average Bonchev–Trinajstić information content (AvgIpc) is 2.25. The highest BCUT2D eigenvalue weighted by atomic mass is 16.5. The number of ether oxygens (including phenoxy) is 2. The van der Waals surface area contributed by atoms with Crippen LogP contribution >= 0.6 is 0 Å². The van der Waals surface area contributed by atoms with Gasteiger partial charge in [-0.3, -0.25) is 0 Å². The van der Waals surface area contributed by atoms with Crippen molar-refractivity contribution in [1.29, 1.82) is 5.26 Å². The second-order valence-corrected chi connectivity index (χ2v) is 4.07. The second kappa shape index (κ2) is 4.54. The molecule has 0 spiro atoms. The maximum atomic E-state index is 8.84. The quantitative estimate of drug-likeness (QED) is 0.777. The van der Waals surface area contributed by atoms with Crippen LogP contribution in [-0.4, -0.2) is 19.8 Å². The van der Waals surface area contributed by atoms with E-state index in [9.17, 15) is 0 Å². The smallest absolute Gasteiger partial charge is 0.119 e. The lowest BCUT2D eigenvalue weighted by Gasteiger charge is -2.40. The van der Waals surface area contributed by atoms with Crippen molar-refractivity contribution < 1.29 is 9.47 Å². The molecule has 0 atom stereocenters. The van der Waals surface area contributed by atoms with Crippen LogP contribution in [0.4, 0.5) is 0 Å². The highest BCUT2D eigenvalue weighted by molar-refractivity contribution is 5.34. The predicted molar refractivity (Wildman–Crippen MR) is 60.3 cm³/mol. The van der Waals surface area contributed by atoms with Gasteiger partial charge in [-0.05, 0) is 24.6 Å². The third-order valence-electron chi connectivity index (χ3n) is 2.95. The summed E-state index contributed by atoms with van der Waals surface area (Å²) in [5.74, 6) is 0.874. The van der Waals surface area contributed by atoms with E-state index < -0.39 is 0 Å². The Morgan fingerprint density at radius 1 is 1.38 bits per heavy atom. The molecule has 0 amide bonds. The van der Waals surface area contributed by atoms with Crippen molar-refractivity contribution in [2.75, 3.05) is 19.8 Å². The van der Waals surface area contributed by atoms with E-state index in [4.69, 9.17) is 14.7 Å². The largest absolute Gasteiger partial charge is 0.494 e. The SMILES string of the molecule is CCOc1ccc(C2(CC#N)COC2)cc1. The first-order valence-electron chi connectivity index (χ1n) is 5.49. The normalized spacial score (nSPS) is 17.2. The molecule has 0 N–H and O–H groups in total. The van der Waals surface area contributed by atoms with Gasteiger partial charge in [0.25, 0.3) is 0 Å². The summed E-state index contributed by atoms with van der Waals surface area (Å²) in [6.07, 6.45) is 0.515. The van der Waals surface area contributed by atoms with Gasteiger partial charge >= 0.3 is 0 Å². The Bertz CT molecular complexity index is 387. The zero-order chi connectivity index (χ0) is 11.4. The first kappa shape index (κ1) is 11.0. The highest BCUT2D eigenvalue weighted by Crippen LogP contribution is 2.36. The van der Waals surface area contributed by atoms with E-state index >= 15 is 0 Å². The molecule has 2 rings (SSSR count). The minimum atomic E-state index is -0.0838. The molecule has 1 aromatic carbocycles. The molecule has 0 radical (unpaired) electrons. The first-order valence-corrected chi connectivity index (χ1v) is 5.49. The van der Waals surface area contributed by atoms with Crippen LogP contribution in [0, 0.1) is 11.3 Å². The summed E-state index contributed by atoms with van der Waals surface area (Å²) >= 11 is 0. The average molecular weight is 217 g/mol. The summed E-state index contributed by atoms with van der Waals surface area (Å²) in [4.78, 5) is 0. The number of hydrogen-bond donors (Lipinski definition) is 0. The summed E-state index contributed by atoms with van der Waals surface area (Å²) in [6.45, 7) is 3.93. The number of hydrogen-bond acceptors (Lipinski definition) is 3. The fourth-order valence-electron chi connectivity index (χ4n) is 1.94. The molecule has 0 unspecified atom stereocenters. The molecule has 3 heteroatoms. The molecule has 3 nitrogen and oxygen atoms in total. The Kier molecular flexibility index (Phi) is 3.12. The summed E-state index contributed by atoms with van der Waals surface area (Å²) in [6, 6.07) is 10.2. The maximum Gasteiger partial charge on any atom is 0.119 e. The summed E-state index contributed by atoms with van der Waals surface area (Å²) in [7, 11) is 0. The van der Waals surface area contributed by atoms with Crippen molar-refractivity contribution in [2.45, 2.75) is 18.8 Å². The van der Waals surface area contributed by atoms with Gasteiger partial charge in [-0.2, -0.15) is 5.26 Å². The standard InChI is InChI=1S/C13H15NO2/c1-2-16-12-5-3-11(4-6-12)13(7-8-14)9-15-10-13/h3-6H,2,7,9-10H2,1H3. The zero-order valence-electron chi connectivity index (χ0n) is 9.40. The van der Waals surface area contributed by atoms with E-state index in [0.717, 1.165) is 5.75 Å². The molecule has 1 aromatic rings. The van der Waals surface area contributed by atoms with E-state index in [1.807, 2.05) is 31.2 Å². The summed E-state index contributed by atoms with van der Waals surface area (Å²) < 4.78 is 10.6. The van der Waals surface area contributed by atoms with Gasteiger partial charge in [0, 0.05) is 6.42 Å². The summed E-state index contributed by atoms with van der Waals surface area (Å²) in [5, 5.41) is 8.84. The maximum absolute atomic E-state index is 8.84. The fourth-order valence-corrected chi connectivity index (χ4v) is 1.94. The lowest BCUT2D eigenvalue weighted by Crippen LogP contribution is -2.46. The predicted octanol–water partition coefficient (Wildman–Crippen LogP) is 2.27. The van der Waals surface area contributed by atoms with Gasteiger partial charge in [-0.15, -0.1) is 0 Å². The monoisotopic (exact) mass is 217 g/mol. The first-order chi connectivity index (χ1) is 7.80. The number of nitriles is 1. The van der Waals surface area contributed by atoms with Gasteiger partial charge in [-0.25, -0.2) is 0 Å². The van der Waals surface area contributed by atoms with Crippen molar-refractivity contribution in [2.24, 2.45) is 0 Å². The lowest BCUT2D eigenvalue weighted by molar-refractivity contribution is -0.0577. The third-order valence-corrected chi connectivity index (χ3v) is 2.95. The number of nitrogens with zero attached hydrogens (tertiary/aromatic N) is 1. The second-order valence-electron chi connectivity index (χ2n) is 4.07. The van der Waals surface area contributed by atoms with Gasteiger partial charge in [-0.1, -0.05) is 12.1 Å². The van der Waals surface area contributed by atoms with Gasteiger partial charge in [0.05, 0.1) is 31.3 Å². The molecule has 84 valence electrons. The van der Waals surface area contributed by atoms with E-state index in [-0.39, 0.29) is 5.41 Å². The number of benzene rings is 1. The molecule has 1 saturated heterocycles. The topological polar surface area (TPSA) is 42.2 Å². The zero-order valence-corrected chi connectivity index (χ0v) is 9.40. The Morgan fingerprint density at radius 2 is 2.06 bits per heavy atom. The molecular formula is C13H15NO2. The molecule has 16 heavy (non-hydrogen) atoms. The fraction of sp³-hybridized carbons (Fsp3) is 0.462.